The Balaban J connectivity index is 1.90. The van der Waals surface area contributed by atoms with Crippen molar-refractivity contribution in [2.45, 2.75) is 6.42 Å². The van der Waals surface area contributed by atoms with Crippen molar-refractivity contribution in [1.82, 2.24) is 10.3 Å². The zero-order valence-corrected chi connectivity index (χ0v) is 12.0. The van der Waals surface area contributed by atoms with Crippen LogP contribution in [-0.2, 0) is 11.2 Å². The Morgan fingerprint density at radius 2 is 2.00 bits per heavy atom. The highest BCUT2D eigenvalue weighted by molar-refractivity contribution is 7.14. The van der Waals surface area contributed by atoms with Crippen LogP contribution in [0.4, 0.5) is 5.13 Å². The lowest BCUT2D eigenvalue weighted by Gasteiger charge is -2.02. The predicted molar refractivity (Wildman–Crippen MR) is 80.3 cm³/mol. The van der Waals surface area contributed by atoms with Crippen LogP contribution in [0.3, 0.4) is 0 Å². The van der Waals surface area contributed by atoms with Crippen LogP contribution in [0.15, 0.2) is 35.7 Å². The summed E-state index contributed by atoms with van der Waals surface area (Å²) in [4.78, 5) is 27.5. The molecule has 1 aromatic heterocycles. The monoisotopic (exact) mass is 305 g/mol. The molecule has 7 heteroatoms. The number of aromatic nitrogens is 1. The maximum absolute atomic E-state index is 11.9. The summed E-state index contributed by atoms with van der Waals surface area (Å²) in [5.74, 6) is -0.554. The Kier molecular flexibility index (Phi) is 5.42. The van der Waals surface area contributed by atoms with Gasteiger partial charge in [-0.05, 0) is 5.56 Å². The average molecular weight is 305 g/mol. The van der Waals surface area contributed by atoms with Crippen LogP contribution in [0.2, 0.25) is 0 Å². The molecule has 1 aromatic carbocycles. The lowest BCUT2D eigenvalue weighted by atomic mass is 10.1. The van der Waals surface area contributed by atoms with Crippen LogP contribution in [0.5, 0.6) is 0 Å². The molecule has 110 valence electrons. The third-order valence-corrected chi connectivity index (χ3v) is 3.35. The van der Waals surface area contributed by atoms with E-state index in [1.54, 1.807) is 5.38 Å². The van der Waals surface area contributed by atoms with E-state index in [1.165, 1.54) is 11.3 Å². The normalized spacial score (nSPS) is 10.1. The number of thiazole rings is 1. The number of amides is 2. The smallest absolute Gasteiger partial charge is 0.270 e. The second kappa shape index (κ2) is 7.51. The Morgan fingerprint density at radius 1 is 1.24 bits per heavy atom. The predicted octanol–water partition coefficient (Wildman–Crippen LogP) is 1.05. The van der Waals surface area contributed by atoms with Gasteiger partial charge < -0.3 is 15.7 Å². The molecule has 2 rings (SSSR count). The van der Waals surface area contributed by atoms with Gasteiger partial charge in [-0.2, -0.15) is 0 Å². The van der Waals surface area contributed by atoms with Gasteiger partial charge in [0.25, 0.3) is 5.91 Å². The number of aliphatic hydroxyl groups excluding tert-OH is 1. The Bertz CT molecular complexity index is 613. The van der Waals surface area contributed by atoms with Gasteiger partial charge in [-0.1, -0.05) is 30.3 Å². The van der Waals surface area contributed by atoms with E-state index in [-0.39, 0.29) is 37.1 Å². The largest absolute Gasteiger partial charge is 0.395 e. The van der Waals surface area contributed by atoms with E-state index in [9.17, 15) is 9.59 Å². The minimum absolute atomic E-state index is 0.128. The number of nitrogens with one attached hydrogen (secondary N) is 2. The fraction of sp³-hybridized carbons (Fsp3) is 0.214. The molecule has 0 bridgehead atoms. The molecule has 0 unspecified atom stereocenters. The van der Waals surface area contributed by atoms with Crippen molar-refractivity contribution in [2.24, 2.45) is 0 Å². The molecule has 0 spiro atoms. The summed E-state index contributed by atoms with van der Waals surface area (Å²) in [6, 6.07) is 9.37. The summed E-state index contributed by atoms with van der Waals surface area (Å²) in [6.07, 6.45) is 0.256. The number of rotatable bonds is 6. The van der Waals surface area contributed by atoms with Crippen molar-refractivity contribution in [3.63, 3.8) is 0 Å². The molecule has 2 amide bonds. The number of aliphatic hydroxyl groups is 1. The van der Waals surface area contributed by atoms with Gasteiger partial charge in [0.15, 0.2) is 5.13 Å². The van der Waals surface area contributed by atoms with Crippen molar-refractivity contribution in [3.8, 4) is 0 Å². The van der Waals surface area contributed by atoms with Crippen molar-refractivity contribution >= 4 is 28.3 Å². The lowest BCUT2D eigenvalue weighted by Crippen LogP contribution is -2.26. The van der Waals surface area contributed by atoms with Crippen molar-refractivity contribution in [1.29, 1.82) is 0 Å². The van der Waals surface area contributed by atoms with E-state index in [0.717, 1.165) is 5.56 Å². The summed E-state index contributed by atoms with van der Waals surface area (Å²) in [7, 11) is 0. The number of carbonyl (C=O) groups excluding carboxylic acids is 2. The van der Waals surface area contributed by atoms with Gasteiger partial charge in [0, 0.05) is 11.9 Å². The summed E-state index contributed by atoms with van der Waals surface area (Å²) in [6.45, 7) is 0.0443. The maximum Gasteiger partial charge on any atom is 0.270 e. The van der Waals surface area contributed by atoms with Crippen molar-refractivity contribution < 1.29 is 14.7 Å². The summed E-state index contributed by atoms with van der Waals surface area (Å²) in [5.41, 5.74) is 1.14. The number of carbonyl (C=O) groups is 2. The quantitative estimate of drug-likeness (QED) is 0.744. The molecule has 6 nitrogen and oxygen atoms in total. The van der Waals surface area contributed by atoms with Gasteiger partial charge in [-0.25, -0.2) is 4.98 Å². The minimum Gasteiger partial charge on any atom is -0.395 e. The van der Waals surface area contributed by atoms with E-state index >= 15 is 0 Å². The molecule has 0 radical (unpaired) electrons. The second-order valence-corrected chi connectivity index (χ2v) is 5.09. The summed E-state index contributed by atoms with van der Waals surface area (Å²) < 4.78 is 0. The molecule has 0 aliphatic rings. The molecular weight excluding hydrogens is 290 g/mol. The zero-order chi connectivity index (χ0) is 15.1. The SMILES string of the molecule is O=C(Cc1ccccc1)Nc1nc(C(=O)NCCO)cs1. The second-order valence-electron chi connectivity index (χ2n) is 4.23. The van der Waals surface area contributed by atoms with Crippen LogP contribution >= 0.6 is 11.3 Å². The molecular formula is C14H15N3O3S. The first-order chi connectivity index (χ1) is 10.2. The molecule has 0 aliphatic carbocycles. The number of hydrogen-bond donors (Lipinski definition) is 3. The van der Waals surface area contributed by atoms with Crippen molar-refractivity contribution in [3.05, 3.63) is 47.0 Å². The third kappa shape index (κ3) is 4.66. The number of nitrogens with zero attached hydrogens (tertiary/aromatic N) is 1. The van der Waals surface area contributed by atoms with E-state index in [4.69, 9.17) is 5.11 Å². The first-order valence-electron chi connectivity index (χ1n) is 6.37. The molecule has 0 saturated heterocycles. The number of anilines is 1. The van der Waals surface area contributed by atoms with Gasteiger partial charge in [-0.15, -0.1) is 11.3 Å². The Labute approximate surface area is 125 Å². The van der Waals surface area contributed by atoms with Gasteiger partial charge in [0.1, 0.15) is 5.69 Å². The van der Waals surface area contributed by atoms with Crippen LogP contribution in [-0.4, -0.2) is 35.1 Å². The molecule has 0 fully saturated rings. The van der Waals surface area contributed by atoms with Crippen LogP contribution < -0.4 is 10.6 Å². The van der Waals surface area contributed by atoms with E-state index in [0.29, 0.717) is 5.13 Å². The maximum atomic E-state index is 11.9. The first-order valence-corrected chi connectivity index (χ1v) is 7.25. The van der Waals surface area contributed by atoms with E-state index in [2.05, 4.69) is 15.6 Å². The highest BCUT2D eigenvalue weighted by atomic mass is 32.1. The Morgan fingerprint density at radius 3 is 2.71 bits per heavy atom. The van der Waals surface area contributed by atoms with Crippen molar-refractivity contribution in [2.75, 3.05) is 18.5 Å². The van der Waals surface area contributed by atoms with Gasteiger partial charge in [0.05, 0.1) is 13.0 Å². The number of benzene rings is 1. The molecule has 1 heterocycles. The Hall–Kier alpha value is -2.25. The van der Waals surface area contributed by atoms with Gasteiger partial charge in [0.2, 0.25) is 5.91 Å². The molecule has 3 N–H and O–H groups in total. The van der Waals surface area contributed by atoms with E-state index < -0.39 is 0 Å². The summed E-state index contributed by atoms with van der Waals surface area (Å²) in [5, 5.41) is 15.7. The zero-order valence-electron chi connectivity index (χ0n) is 11.2. The highest BCUT2D eigenvalue weighted by Gasteiger charge is 2.12. The molecule has 0 aliphatic heterocycles. The lowest BCUT2D eigenvalue weighted by molar-refractivity contribution is -0.115. The van der Waals surface area contributed by atoms with Crippen LogP contribution in [0, 0.1) is 0 Å². The van der Waals surface area contributed by atoms with Crippen LogP contribution in [0.25, 0.3) is 0 Å². The van der Waals surface area contributed by atoms with Crippen LogP contribution in [0.1, 0.15) is 16.1 Å². The fourth-order valence-corrected chi connectivity index (χ4v) is 2.35. The van der Waals surface area contributed by atoms with Gasteiger partial charge in [-0.3, -0.25) is 9.59 Å². The topological polar surface area (TPSA) is 91.3 Å². The molecule has 2 aromatic rings. The fourth-order valence-electron chi connectivity index (χ4n) is 1.64. The molecule has 21 heavy (non-hydrogen) atoms. The third-order valence-electron chi connectivity index (χ3n) is 2.59. The first kappa shape index (κ1) is 15.1. The molecule has 0 atom stereocenters. The highest BCUT2D eigenvalue weighted by Crippen LogP contribution is 2.15. The summed E-state index contributed by atoms with van der Waals surface area (Å²) >= 11 is 1.18. The average Bonchev–Trinajstić information content (AvgIpc) is 2.94. The minimum atomic E-state index is -0.371. The number of hydrogen-bond acceptors (Lipinski definition) is 5. The standard InChI is InChI=1S/C14H15N3O3S/c18-7-6-15-13(20)11-9-21-14(16-11)17-12(19)8-10-4-2-1-3-5-10/h1-5,9,18H,6-8H2,(H,15,20)(H,16,17,19). The van der Waals surface area contributed by atoms with Gasteiger partial charge >= 0.3 is 0 Å². The molecule has 0 saturated carbocycles. The van der Waals surface area contributed by atoms with E-state index in [1.807, 2.05) is 30.3 Å².